The molecule has 0 aliphatic carbocycles. The molecule has 0 atom stereocenters. The fraction of sp³-hybridized carbons (Fsp3) is 0.545. The third-order valence-electron chi connectivity index (χ3n) is 2.29. The summed E-state index contributed by atoms with van der Waals surface area (Å²) in [7, 11) is -3.52. The second-order valence-electron chi connectivity index (χ2n) is 3.70. The van der Waals surface area contributed by atoms with Gasteiger partial charge in [-0.2, -0.15) is 4.31 Å². The molecule has 0 amide bonds. The first-order chi connectivity index (χ1) is 8.04. The summed E-state index contributed by atoms with van der Waals surface area (Å²) in [5, 5.41) is 0.0321. The molecule has 0 fully saturated rings. The Morgan fingerprint density at radius 2 is 1.88 bits per heavy atom. The molecule has 6 heteroatoms. The van der Waals surface area contributed by atoms with Crippen molar-refractivity contribution in [3.8, 4) is 0 Å². The maximum Gasteiger partial charge on any atom is 0.246 e. The van der Waals surface area contributed by atoms with E-state index in [4.69, 9.17) is 11.6 Å². The van der Waals surface area contributed by atoms with E-state index in [2.05, 4.69) is 4.98 Å². The predicted octanol–water partition coefficient (Wildman–Crippen LogP) is 2.55. The Morgan fingerprint density at radius 1 is 1.29 bits per heavy atom. The van der Waals surface area contributed by atoms with Gasteiger partial charge in [0.1, 0.15) is 10.0 Å². The third-order valence-corrected chi connectivity index (χ3v) is 4.63. The van der Waals surface area contributed by atoms with Gasteiger partial charge in [-0.05, 0) is 25.0 Å². The molecular formula is C11H17ClN2O2S. The molecule has 0 radical (unpaired) electrons. The lowest BCUT2D eigenvalue weighted by Crippen LogP contribution is -2.32. The van der Waals surface area contributed by atoms with Crippen LogP contribution in [0.5, 0.6) is 0 Å². The van der Waals surface area contributed by atoms with Crippen LogP contribution in [0.4, 0.5) is 0 Å². The molecule has 1 aromatic rings. The molecule has 1 aromatic heterocycles. The quantitative estimate of drug-likeness (QED) is 0.750. The van der Waals surface area contributed by atoms with Crippen LogP contribution in [0, 0.1) is 0 Å². The van der Waals surface area contributed by atoms with E-state index in [1.807, 2.05) is 13.8 Å². The van der Waals surface area contributed by atoms with Gasteiger partial charge in [0.25, 0.3) is 0 Å². The summed E-state index contributed by atoms with van der Waals surface area (Å²) in [5.41, 5.74) is 0. The highest BCUT2D eigenvalue weighted by Gasteiger charge is 2.25. The minimum atomic E-state index is -3.52. The van der Waals surface area contributed by atoms with E-state index in [1.54, 1.807) is 6.07 Å². The van der Waals surface area contributed by atoms with Gasteiger partial charge in [0.2, 0.25) is 10.0 Å². The lowest BCUT2D eigenvalue weighted by molar-refractivity contribution is 0.410. The normalized spacial score (nSPS) is 12.0. The van der Waals surface area contributed by atoms with Gasteiger partial charge in [-0.3, -0.25) is 0 Å². The Balaban J connectivity index is 3.12. The van der Waals surface area contributed by atoms with E-state index < -0.39 is 10.0 Å². The molecule has 0 aromatic carbocycles. The van der Waals surface area contributed by atoms with Gasteiger partial charge in [0, 0.05) is 19.3 Å². The number of aromatic nitrogens is 1. The molecule has 0 N–H and O–H groups in total. The molecule has 17 heavy (non-hydrogen) atoms. The highest BCUT2D eigenvalue weighted by atomic mass is 35.5. The van der Waals surface area contributed by atoms with Crippen LogP contribution < -0.4 is 0 Å². The molecule has 4 nitrogen and oxygen atoms in total. The molecule has 0 bridgehead atoms. The van der Waals surface area contributed by atoms with Crippen LogP contribution in [0.1, 0.15) is 26.7 Å². The van der Waals surface area contributed by atoms with E-state index in [0.29, 0.717) is 13.1 Å². The lowest BCUT2D eigenvalue weighted by Gasteiger charge is -2.21. The molecule has 0 saturated heterocycles. The van der Waals surface area contributed by atoms with Gasteiger partial charge in [-0.25, -0.2) is 13.4 Å². The van der Waals surface area contributed by atoms with Crippen molar-refractivity contribution in [2.45, 2.75) is 31.6 Å². The average molecular weight is 277 g/mol. The Kier molecular flexibility index (Phi) is 5.36. The van der Waals surface area contributed by atoms with Crippen molar-refractivity contribution in [3.63, 3.8) is 0 Å². The topological polar surface area (TPSA) is 50.3 Å². The largest absolute Gasteiger partial charge is 0.246 e. The number of pyridine rings is 1. The number of hydrogen-bond donors (Lipinski definition) is 0. The minimum absolute atomic E-state index is 0.0321. The van der Waals surface area contributed by atoms with E-state index in [9.17, 15) is 8.42 Å². The smallest absolute Gasteiger partial charge is 0.243 e. The van der Waals surface area contributed by atoms with Gasteiger partial charge in [-0.1, -0.05) is 25.4 Å². The van der Waals surface area contributed by atoms with Crippen LogP contribution in [0.15, 0.2) is 23.2 Å². The van der Waals surface area contributed by atoms with Crippen LogP contribution in [-0.4, -0.2) is 30.8 Å². The molecule has 0 saturated carbocycles. The van der Waals surface area contributed by atoms with Gasteiger partial charge in [0.05, 0.1) is 0 Å². The molecule has 96 valence electrons. The molecule has 0 aliphatic heterocycles. The molecular weight excluding hydrogens is 260 g/mol. The second-order valence-corrected chi connectivity index (χ2v) is 5.96. The Morgan fingerprint density at radius 3 is 2.35 bits per heavy atom. The fourth-order valence-corrected chi connectivity index (χ4v) is 3.61. The van der Waals surface area contributed by atoms with Crippen LogP contribution in [-0.2, 0) is 10.0 Å². The number of rotatable bonds is 6. The lowest BCUT2D eigenvalue weighted by atomic mass is 10.4. The summed E-state index contributed by atoms with van der Waals surface area (Å²) in [5.74, 6) is 0. The maximum atomic E-state index is 12.3. The molecule has 0 unspecified atom stereocenters. The second kappa shape index (κ2) is 6.33. The third kappa shape index (κ3) is 3.40. The van der Waals surface area contributed by atoms with Gasteiger partial charge < -0.3 is 0 Å². The highest BCUT2D eigenvalue weighted by Crippen LogP contribution is 2.22. The first-order valence-corrected chi connectivity index (χ1v) is 7.46. The zero-order valence-corrected chi connectivity index (χ0v) is 11.6. The molecule has 0 aliphatic rings. The maximum absolute atomic E-state index is 12.3. The van der Waals surface area contributed by atoms with Crippen LogP contribution in [0.2, 0.25) is 5.15 Å². The predicted molar refractivity (Wildman–Crippen MR) is 68.6 cm³/mol. The average Bonchev–Trinajstić information content (AvgIpc) is 2.29. The molecule has 1 heterocycles. The van der Waals surface area contributed by atoms with E-state index in [-0.39, 0.29) is 10.0 Å². The molecule has 1 rings (SSSR count). The summed E-state index contributed by atoms with van der Waals surface area (Å²) in [4.78, 5) is 3.89. The van der Waals surface area contributed by atoms with Crippen LogP contribution >= 0.6 is 11.6 Å². The van der Waals surface area contributed by atoms with Crippen LogP contribution in [0.25, 0.3) is 0 Å². The van der Waals surface area contributed by atoms with Crippen molar-refractivity contribution in [1.29, 1.82) is 0 Å². The zero-order valence-electron chi connectivity index (χ0n) is 10.1. The number of halogens is 1. The first kappa shape index (κ1) is 14.4. The van der Waals surface area contributed by atoms with Crippen LogP contribution in [0.3, 0.4) is 0 Å². The monoisotopic (exact) mass is 276 g/mol. The van der Waals surface area contributed by atoms with Crippen molar-refractivity contribution in [2.24, 2.45) is 0 Å². The zero-order chi connectivity index (χ0) is 12.9. The van der Waals surface area contributed by atoms with Gasteiger partial charge >= 0.3 is 0 Å². The summed E-state index contributed by atoms with van der Waals surface area (Å²) < 4.78 is 26.1. The summed E-state index contributed by atoms with van der Waals surface area (Å²) in [6.07, 6.45) is 3.03. The van der Waals surface area contributed by atoms with E-state index in [1.165, 1.54) is 16.6 Å². The van der Waals surface area contributed by atoms with Crippen molar-refractivity contribution < 1.29 is 8.42 Å². The Bertz CT molecular complexity index is 456. The molecule has 0 spiro atoms. The number of sulfonamides is 1. The summed E-state index contributed by atoms with van der Waals surface area (Å²) in [6, 6.07) is 3.07. The van der Waals surface area contributed by atoms with Gasteiger partial charge in [-0.15, -0.1) is 0 Å². The van der Waals surface area contributed by atoms with Crippen molar-refractivity contribution >= 4 is 21.6 Å². The summed E-state index contributed by atoms with van der Waals surface area (Å²) >= 11 is 5.84. The standard InChI is InChI=1S/C11H17ClN2O2S/c1-3-8-14(9-4-2)17(15,16)10-6-5-7-13-11(10)12/h5-7H,3-4,8-9H2,1-2H3. The van der Waals surface area contributed by atoms with Gasteiger partial charge in [0.15, 0.2) is 0 Å². The fourth-order valence-electron chi connectivity index (χ4n) is 1.55. The van der Waals surface area contributed by atoms with Crippen molar-refractivity contribution in [2.75, 3.05) is 13.1 Å². The van der Waals surface area contributed by atoms with E-state index >= 15 is 0 Å². The van der Waals surface area contributed by atoms with Crippen molar-refractivity contribution in [1.82, 2.24) is 9.29 Å². The highest BCUT2D eigenvalue weighted by molar-refractivity contribution is 7.89. The number of nitrogens with zero attached hydrogens (tertiary/aromatic N) is 2. The van der Waals surface area contributed by atoms with E-state index in [0.717, 1.165) is 12.8 Å². The van der Waals surface area contributed by atoms with Crippen molar-refractivity contribution in [3.05, 3.63) is 23.5 Å². The SMILES string of the molecule is CCCN(CCC)S(=O)(=O)c1cccnc1Cl. The Labute approximate surface area is 108 Å². The first-order valence-electron chi connectivity index (χ1n) is 5.64. The number of hydrogen-bond acceptors (Lipinski definition) is 3. The minimum Gasteiger partial charge on any atom is -0.243 e. The Hall–Kier alpha value is -0.650. The summed E-state index contributed by atoms with van der Waals surface area (Å²) in [6.45, 7) is 4.90.